The Kier molecular flexibility index (Phi) is 4.23. The van der Waals surface area contributed by atoms with E-state index in [0.717, 1.165) is 27.9 Å². The third-order valence-electron chi connectivity index (χ3n) is 4.08. The monoisotopic (exact) mass is 347 g/mol. The minimum absolute atomic E-state index is 0.208. The standard InChI is InChI=1S/C20H17N3O3/c1-13(14-2-5-18-19(11-14)26-9-8-25-18)10-20(24)23-15-3-4-16-17(12-15)22-7-6-21-16/h2-7,10-12H,8-9H2,1H3,(H,23,24). The van der Waals surface area contributed by atoms with Gasteiger partial charge in [0.2, 0.25) is 5.91 Å². The smallest absolute Gasteiger partial charge is 0.248 e. The predicted octanol–water partition coefficient (Wildman–Crippen LogP) is 3.44. The Bertz CT molecular complexity index is 1010. The summed E-state index contributed by atoms with van der Waals surface area (Å²) in [5.74, 6) is 1.23. The zero-order chi connectivity index (χ0) is 17.9. The van der Waals surface area contributed by atoms with Gasteiger partial charge in [0.1, 0.15) is 13.2 Å². The van der Waals surface area contributed by atoms with Gasteiger partial charge in [0.15, 0.2) is 11.5 Å². The fourth-order valence-corrected chi connectivity index (χ4v) is 2.79. The van der Waals surface area contributed by atoms with Crippen molar-refractivity contribution >= 4 is 28.2 Å². The van der Waals surface area contributed by atoms with E-state index in [1.165, 1.54) is 0 Å². The molecule has 130 valence electrons. The van der Waals surface area contributed by atoms with Crippen molar-refractivity contribution in [3.05, 3.63) is 60.4 Å². The van der Waals surface area contributed by atoms with Crippen LogP contribution in [-0.4, -0.2) is 29.1 Å². The van der Waals surface area contributed by atoms with Crippen molar-refractivity contribution in [1.82, 2.24) is 9.97 Å². The van der Waals surface area contributed by atoms with E-state index < -0.39 is 0 Å². The molecule has 3 aromatic rings. The average Bonchev–Trinajstić information content (AvgIpc) is 2.67. The molecule has 0 atom stereocenters. The minimum atomic E-state index is -0.208. The highest BCUT2D eigenvalue weighted by atomic mass is 16.6. The molecule has 1 aliphatic heterocycles. The Balaban J connectivity index is 1.52. The SMILES string of the molecule is CC(=CC(=O)Nc1ccc2nccnc2c1)c1ccc2c(c1)OCCO2. The molecule has 6 nitrogen and oxygen atoms in total. The molecule has 0 aliphatic carbocycles. The van der Waals surface area contributed by atoms with E-state index in [9.17, 15) is 4.79 Å². The summed E-state index contributed by atoms with van der Waals surface area (Å²) in [6.45, 7) is 2.97. The van der Waals surface area contributed by atoms with E-state index in [4.69, 9.17) is 9.47 Å². The van der Waals surface area contributed by atoms with Crippen LogP contribution >= 0.6 is 0 Å². The lowest BCUT2D eigenvalue weighted by atomic mass is 10.1. The summed E-state index contributed by atoms with van der Waals surface area (Å²) >= 11 is 0. The maximum absolute atomic E-state index is 12.3. The number of carbonyl (C=O) groups excluding carboxylic acids is 1. The molecule has 2 heterocycles. The molecule has 0 saturated heterocycles. The van der Waals surface area contributed by atoms with Gasteiger partial charge in [-0.2, -0.15) is 0 Å². The molecule has 0 bridgehead atoms. The number of hydrogen-bond donors (Lipinski definition) is 1. The Hall–Kier alpha value is -3.41. The number of allylic oxidation sites excluding steroid dienone is 1. The van der Waals surface area contributed by atoms with Crippen LogP contribution in [0.3, 0.4) is 0 Å². The summed E-state index contributed by atoms with van der Waals surface area (Å²) < 4.78 is 11.1. The first-order valence-corrected chi connectivity index (χ1v) is 8.29. The van der Waals surface area contributed by atoms with Crippen molar-refractivity contribution in [2.45, 2.75) is 6.92 Å². The highest BCUT2D eigenvalue weighted by Crippen LogP contribution is 2.32. The van der Waals surface area contributed by atoms with Gasteiger partial charge in [-0.05, 0) is 48.4 Å². The number of benzene rings is 2. The Morgan fingerprint density at radius 1 is 1.00 bits per heavy atom. The number of ether oxygens (including phenoxy) is 2. The summed E-state index contributed by atoms with van der Waals surface area (Å²) in [6, 6.07) is 11.1. The van der Waals surface area contributed by atoms with Crippen molar-refractivity contribution < 1.29 is 14.3 Å². The molecule has 26 heavy (non-hydrogen) atoms. The highest BCUT2D eigenvalue weighted by Gasteiger charge is 2.12. The number of nitrogens with one attached hydrogen (secondary N) is 1. The zero-order valence-corrected chi connectivity index (χ0v) is 14.2. The second-order valence-electron chi connectivity index (χ2n) is 5.93. The van der Waals surface area contributed by atoms with Crippen LogP contribution in [0.1, 0.15) is 12.5 Å². The quantitative estimate of drug-likeness (QED) is 0.735. The first kappa shape index (κ1) is 16.1. The Morgan fingerprint density at radius 2 is 1.77 bits per heavy atom. The molecule has 1 aromatic heterocycles. The van der Waals surface area contributed by atoms with E-state index in [1.54, 1.807) is 24.5 Å². The third kappa shape index (κ3) is 3.35. The number of carbonyl (C=O) groups is 1. The van der Waals surface area contributed by atoms with Gasteiger partial charge >= 0.3 is 0 Å². The van der Waals surface area contributed by atoms with Gasteiger partial charge in [-0.3, -0.25) is 14.8 Å². The predicted molar refractivity (Wildman–Crippen MR) is 99.3 cm³/mol. The molecule has 2 aromatic carbocycles. The molecular formula is C20H17N3O3. The number of fused-ring (bicyclic) bond motifs is 2. The fraction of sp³-hybridized carbons (Fsp3) is 0.150. The van der Waals surface area contributed by atoms with Crippen LogP contribution in [0.5, 0.6) is 11.5 Å². The van der Waals surface area contributed by atoms with E-state index >= 15 is 0 Å². The summed E-state index contributed by atoms with van der Waals surface area (Å²) in [5, 5.41) is 2.86. The maximum Gasteiger partial charge on any atom is 0.248 e. The fourth-order valence-electron chi connectivity index (χ4n) is 2.79. The van der Waals surface area contributed by atoms with E-state index in [0.29, 0.717) is 24.7 Å². The number of rotatable bonds is 3. The molecule has 0 fully saturated rings. The topological polar surface area (TPSA) is 73.3 Å². The van der Waals surface area contributed by atoms with Crippen molar-refractivity contribution in [1.29, 1.82) is 0 Å². The molecule has 0 saturated carbocycles. The first-order valence-electron chi connectivity index (χ1n) is 8.29. The summed E-state index contributed by atoms with van der Waals surface area (Å²) in [7, 11) is 0. The number of hydrogen-bond acceptors (Lipinski definition) is 5. The second kappa shape index (κ2) is 6.84. The molecule has 0 unspecified atom stereocenters. The van der Waals surface area contributed by atoms with Crippen LogP contribution in [-0.2, 0) is 4.79 Å². The molecule has 6 heteroatoms. The summed E-state index contributed by atoms with van der Waals surface area (Å²) in [6.07, 6.45) is 4.83. The van der Waals surface area contributed by atoms with Gasteiger partial charge < -0.3 is 14.8 Å². The van der Waals surface area contributed by atoms with Gasteiger partial charge in [-0.1, -0.05) is 6.07 Å². The number of anilines is 1. The van der Waals surface area contributed by atoms with Crippen LogP contribution in [0.4, 0.5) is 5.69 Å². The lowest BCUT2D eigenvalue weighted by Crippen LogP contribution is -2.15. The van der Waals surface area contributed by atoms with Crippen LogP contribution in [0.25, 0.3) is 16.6 Å². The molecule has 0 radical (unpaired) electrons. The molecule has 1 N–H and O–H groups in total. The van der Waals surface area contributed by atoms with Crippen LogP contribution in [0.2, 0.25) is 0 Å². The first-order chi connectivity index (χ1) is 12.7. The van der Waals surface area contributed by atoms with E-state index in [-0.39, 0.29) is 5.91 Å². The van der Waals surface area contributed by atoms with Crippen LogP contribution < -0.4 is 14.8 Å². The molecule has 4 rings (SSSR count). The largest absolute Gasteiger partial charge is 0.486 e. The number of nitrogens with zero attached hydrogens (tertiary/aromatic N) is 2. The Labute approximate surface area is 150 Å². The summed E-state index contributed by atoms with van der Waals surface area (Å²) in [5.41, 5.74) is 3.94. The van der Waals surface area contributed by atoms with Gasteiger partial charge in [-0.15, -0.1) is 0 Å². The Morgan fingerprint density at radius 3 is 2.62 bits per heavy atom. The second-order valence-corrected chi connectivity index (χ2v) is 5.93. The van der Waals surface area contributed by atoms with Crippen molar-refractivity contribution in [2.24, 2.45) is 0 Å². The molecular weight excluding hydrogens is 330 g/mol. The van der Waals surface area contributed by atoms with Gasteiger partial charge in [0, 0.05) is 24.2 Å². The summed E-state index contributed by atoms with van der Waals surface area (Å²) in [4.78, 5) is 20.8. The van der Waals surface area contributed by atoms with Crippen molar-refractivity contribution in [3.63, 3.8) is 0 Å². The lowest BCUT2D eigenvalue weighted by Gasteiger charge is -2.19. The van der Waals surface area contributed by atoms with Crippen molar-refractivity contribution in [3.8, 4) is 11.5 Å². The molecule has 1 amide bonds. The molecule has 1 aliphatic rings. The maximum atomic E-state index is 12.3. The van der Waals surface area contributed by atoms with E-state index in [2.05, 4.69) is 15.3 Å². The zero-order valence-electron chi connectivity index (χ0n) is 14.2. The number of amides is 1. The van der Waals surface area contributed by atoms with Crippen LogP contribution in [0.15, 0.2) is 54.9 Å². The van der Waals surface area contributed by atoms with Crippen LogP contribution in [0, 0.1) is 0 Å². The van der Waals surface area contributed by atoms with E-state index in [1.807, 2.05) is 37.3 Å². The van der Waals surface area contributed by atoms with Gasteiger partial charge in [0.05, 0.1) is 11.0 Å². The minimum Gasteiger partial charge on any atom is -0.486 e. The third-order valence-corrected chi connectivity index (χ3v) is 4.08. The number of aromatic nitrogens is 2. The highest BCUT2D eigenvalue weighted by molar-refractivity contribution is 6.04. The van der Waals surface area contributed by atoms with Gasteiger partial charge in [0.25, 0.3) is 0 Å². The molecule has 0 spiro atoms. The average molecular weight is 347 g/mol. The van der Waals surface area contributed by atoms with Crippen molar-refractivity contribution in [2.75, 3.05) is 18.5 Å². The van der Waals surface area contributed by atoms with Gasteiger partial charge in [-0.25, -0.2) is 0 Å². The lowest BCUT2D eigenvalue weighted by molar-refractivity contribution is -0.111. The normalized spacial score (nSPS) is 13.5.